The summed E-state index contributed by atoms with van der Waals surface area (Å²) in [7, 11) is 0. The lowest BCUT2D eigenvalue weighted by atomic mass is 9.77. The highest BCUT2D eigenvalue weighted by atomic mass is 19.2. The summed E-state index contributed by atoms with van der Waals surface area (Å²) >= 11 is 0. The van der Waals surface area contributed by atoms with E-state index in [1.807, 2.05) is 0 Å². The van der Waals surface area contributed by atoms with Crippen LogP contribution in [0.25, 0.3) is 0 Å². The van der Waals surface area contributed by atoms with Gasteiger partial charge >= 0.3 is 0 Å². The van der Waals surface area contributed by atoms with Crippen molar-refractivity contribution in [2.75, 3.05) is 0 Å². The van der Waals surface area contributed by atoms with Crippen molar-refractivity contribution >= 4 is 0 Å². The molecule has 2 fully saturated rings. The van der Waals surface area contributed by atoms with E-state index in [2.05, 4.69) is 0 Å². The van der Waals surface area contributed by atoms with E-state index in [1.54, 1.807) is 6.07 Å². The fraction of sp³-hybridized carbons (Fsp3) is 0.739. The molecule has 0 unspecified atom stereocenters. The maximum absolute atomic E-state index is 13.3. The Morgan fingerprint density at radius 2 is 1.24 bits per heavy atom. The lowest BCUT2D eigenvalue weighted by molar-refractivity contribution is 0.247. The number of hydrogen-bond donors (Lipinski definition) is 0. The zero-order valence-corrected chi connectivity index (χ0v) is 15.6. The van der Waals surface area contributed by atoms with Crippen LogP contribution >= 0.6 is 0 Å². The van der Waals surface area contributed by atoms with E-state index in [1.165, 1.54) is 89.2 Å². The Balaban J connectivity index is 1.27. The quantitative estimate of drug-likeness (QED) is 0.428. The van der Waals surface area contributed by atoms with Crippen molar-refractivity contribution in [2.24, 2.45) is 17.8 Å². The maximum atomic E-state index is 13.3. The van der Waals surface area contributed by atoms with E-state index in [0.717, 1.165) is 36.2 Å². The summed E-state index contributed by atoms with van der Waals surface area (Å²) in [6.45, 7) is 0. The van der Waals surface area contributed by atoms with E-state index in [0.29, 0.717) is 0 Å². The topological polar surface area (TPSA) is 0 Å². The molecule has 2 aliphatic carbocycles. The summed E-state index contributed by atoms with van der Waals surface area (Å²) in [5.41, 5.74) is 0.938. The van der Waals surface area contributed by atoms with E-state index < -0.39 is 11.6 Å². The van der Waals surface area contributed by atoms with Crippen molar-refractivity contribution in [3.8, 4) is 0 Å². The highest BCUT2D eigenvalue weighted by Crippen LogP contribution is 2.35. The summed E-state index contributed by atoms with van der Waals surface area (Å²) in [5, 5.41) is 0. The molecular formula is C23H34F2. The first-order chi connectivity index (χ1) is 12.2. The van der Waals surface area contributed by atoms with Gasteiger partial charge in [-0.1, -0.05) is 83.1 Å². The smallest absolute Gasteiger partial charge is 0.159 e. The molecule has 0 N–H and O–H groups in total. The van der Waals surface area contributed by atoms with Crippen LogP contribution in [0.15, 0.2) is 18.2 Å². The second kappa shape index (κ2) is 9.69. The molecular weight excluding hydrogens is 314 g/mol. The molecule has 0 aliphatic heterocycles. The fourth-order valence-electron chi connectivity index (χ4n) is 5.04. The van der Waals surface area contributed by atoms with Gasteiger partial charge in [0.05, 0.1) is 0 Å². The van der Waals surface area contributed by atoms with Crippen LogP contribution in [0.3, 0.4) is 0 Å². The van der Waals surface area contributed by atoms with Gasteiger partial charge in [0.1, 0.15) is 0 Å². The standard InChI is InChI=1S/C23H34F2/c24-22-16-15-21(17-23(22)25)14-13-20-11-9-19(10-12-20)8-4-3-7-18-5-1-2-6-18/h15-20H,1-14H2/t19-,20-. The molecule has 0 saturated heterocycles. The molecule has 1 aromatic rings. The third-order valence-corrected chi connectivity index (χ3v) is 6.74. The van der Waals surface area contributed by atoms with E-state index in [-0.39, 0.29) is 0 Å². The molecule has 0 spiro atoms. The van der Waals surface area contributed by atoms with Crippen LogP contribution in [0, 0.1) is 29.4 Å². The Kier molecular flexibility index (Phi) is 7.31. The molecule has 2 saturated carbocycles. The third kappa shape index (κ3) is 6.08. The minimum Gasteiger partial charge on any atom is -0.204 e. The normalized spacial score (nSPS) is 24.7. The molecule has 2 heteroatoms. The van der Waals surface area contributed by atoms with Gasteiger partial charge in [0.25, 0.3) is 0 Å². The SMILES string of the molecule is Fc1ccc(CC[C@H]2CC[C@H](CCCCC3CCCC3)CC2)cc1F. The van der Waals surface area contributed by atoms with Crippen molar-refractivity contribution in [1.29, 1.82) is 0 Å². The molecule has 1 aromatic carbocycles. The molecule has 0 bridgehead atoms. The first-order valence-electron chi connectivity index (χ1n) is 10.6. The molecule has 0 nitrogen and oxygen atoms in total. The van der Waals surface area contributed by atoms with Gasteiger partial charge in [0.15, 0.2) is 11.6 Å². The molecule has 3 rings (SSSR count). The molecule has 25 heavy (non-hydrogen) atoms. The van der Waals surface area contributed by atoms with Crippen LogP contribution in [0.2, 0.25) is 0 Å². The van der Waals surface area contributed by atoms with Gasteiger partial charge in [-0.05, 0) is 48.3 Å². The van der Waals surface area contributed by atoms with Gasteiger partial charge in [-0.2, -0.15) is 0 Å². The lowest BCUT2D eigenvalue weighted by Crippen LogP contribution is -2.15. The van der Waals surface area contributed by atoms with Gasteiger partial charge in [-0.25, -0.2) is 8.78 Å². The zero-order chi connectivity index (χ0) is 17.5. The van der Waals surface area contributed by atoms with Crippen molar-refractivity contribution in [1.82, 2.24) is 0 Å². The molecule has 140 valence electrons. The monoisotopic (exact) mass is 348 g/mol. The average Bonchev–Trinajstić information content (AvgIpc) is 3.14. The number of rotatable bonds is 8. The summed E-state index contributed by atoms with van der Waals surface area (Å²) in [5.74, 6) is 1.33. The predicted molar refractivity (Wildman–Crippen MR) is 101 cm³/mol. The number of halogens is 2. The first-order valence-corrected chi connectivity index (χ1v) is 10.6. The summed E-state index contributed by atoms with van der Waals surface area (Å²) in [6.07, 6.45) is 19.1. The van der Waals surface area contributed by atoms with Crippen LogP contribution in [-0.4, -0.2) is 0 Å². The van der Waals surface area contributed by atoms with Crippen LogP contribution in [-0.2, 0) is 6.42 Å². The Bertz CT molecular complexity index is 511. The number of benzene rings is 1. The average molecular weight is 349 g/mol. The highest BCUT2D eigenvalue weighted by Gasteiger charge is 2.21. The van der Waals surface area contributed by atoms with Gasteiger partial charge in [-0.15, -0.1) is 0 Å². The number of hydrogen-bond acceptors (Lipinski definition) is 0. The Hall–Kier alpha value is -0.920. The molecule has 0 atom stereocenters. The largest absolute Gasteiger partial charge is 0.204 e. The minimum absolute atomic E-state index is 0.709. The molecule has 0 aromatic heterocycles. The summed E-state index contributed by atoms with van der Waals surface area (Å²) < 4.78 is 26.2. The van der Waals surface area contributed by atoms with Crippen LogP contribution in [0.1, 0.15) is 89.0 Å². The second-order valence-corrected chi connectivity index (χ2v) is 8.61. The summed E-state index contributed by atoms with van der Waals surface area (Å²) in [4.78, 5) is 0. The third-order valence-electron chi connectivity index (χ3n) is 6.74. The van der Waals surface area contributed by atoms with Gasteiger partial charge < -0.3 is 0 Å². The Morgan fingerprint density at radius 3 is 1.84 bits per heavy atom. The van der Waals surface area contributed by atoms with Gasteiger partial charge in [0, 0.05) is 0 Å². The van der Waals surface area contributed by atoms with E-state index in [9.17, 15) is 8.78 Å². The number of unbranched alkanes of at least 4 members (excludes halogenated alkanes) is 1. The van der Waals surface area contributed by atoms with Gasteiger partial charge in [-0.3, -0.25) is 0 Å². The maximum Gasteiger partial charge on any atom is 0.159 e. The molecule has 0 radical (unpaired) electrons. The minimum atomic E-state index is -0.739. The van der Waals surface area contributed by atoms with Crippen molar-refractivity contribution in [3.05, 3.63) is 35.4 Å². The van der Waals surface area contributed by atoms with Crippen LogP contribution < -0.4 is 0 Å². The van der Waals surface area contributed by atoms with Crippen LogP contribution in [0.4, 0.5) is 8.78 Å². The molecule has 0 heterocycles. The van der Waals surface area contributed by atoms with E-state index in [4.69, 9.17) is 0 Å². The van der Waals surface area contributed by atoms with Gasteiger partial charge in [0.2, 0.25) is 0 Å². The second-order valence-electron chi connectivity index (χ2n) is 8.61. The molecule has 2 aliphatic rings. The zero-order valence-electron chi connectivity index (χ0n) is 15.6. The van der Waals surface area contributed by atoms with Crippen molar-refractivity contribution in [3.63, 3.8) is 0 Å². The van der Waals surface area contributed by atoms with Crippen LogP contribution in [0.5, 0.6) is 0 Å². The van der Waals surface area contributed by atoms with E-state index >= 15 is 0 Å². The fourth-order valence-corrected chi connectivity index (χ4v) is 5.04. The Morgan fingerprint density at radius 1 is 0.680 bits per heavy atom. The number of aryl methyl sites for hydroxylation is 1. The predicted octanol–water partition coefficient (Wildman–Crippen LogP) is 7.45. The van der Waals surface area contributed by atoms with Crippen molar-refractivity contribution in [2.45, 2.75) is 89.9 Å². The highest BCUT2D eigenvalue weighted by molar-refractivity contribution is 5.17. The molecule has 0 amide bonds. The first kappa shape index (κ1) is 18.9. The Labute approximate surface area is 152 Å². The summed E-state index contributed by atoms with van der Waals surface area (Å²) in [6, 6.07) is 4.35. The van der Waals surface area contributed by atoms with Crippen molar-refractivity contribution < 1.29 is 8.78 Å². The lowest BCUT2D eigenvalue weighted by Gasteiger charge is -2.28.